The van der Waals surface area contributed by atoms with Gasteiger partial charge in [-0.05, 0) is 47.5 Å². The molecule has 0 saturated carbocycles. The fraction of sp³-hybridized carbons (Fsp3) is 0. The number of aromatic nitrogens is 2. The summed E-state index contributed by atoms with van der Waals surface area (Å²) in [5.74, 6) is -1.18. The first-order valence-corrected chi connectivity index (χ1v) is 9.61. The van der Waals surface area contributed by atoms with E-state index < -0.39 is 11.8 Å². The Bertz CT molecular complexity index is 1270. The van der Waals surface area contributed by atoms with Gasteiger partial charge in [0.15, 0.2) is 0 Å². The number of amides is 2. The molecular weight excluding hydrogens is 408 g/mol. The van der Waals surface area contributed by atoms with Crippen LogP contribution in [0, 0.1) is 0 Å². The lowest BCUT2D eigenvalue weighted by atomic mass is 10.0. The molecule has 0 aliphatic rings. The van der Waals surface area contributed by atoms with Gasteiger partial charge >= 0.3 is 0 Å². The predicted octanol–water partition coefficient (Wildman–Crippen LogP) is 3.89. The Hall–Kier alpha value is -4.56. The number of pyridine rings is 2. The molecule has 8 nitrogen and oxygen atoms in total. The Labute approximate surface area is 183 Å². The van der Waals surface area contributed by atoms with Crippen molar-refractivity contribution in [3.05, 3.63) is 96.3 Å². The highest BCUT2D eigenvalue weighted by atomic mass is 16.5. The van der Waals surface area contributed by atoms with E-state index in [0.29, 0.717) is 11.3 Å². The highest BCUT2D eigenvalue weighted by Gasteiger charge is 2.14. The molecule has 0 fully saturated rings. The third kappa shape index (κ3) is 4.61. The molecule has 4 aromatic rings. The molecule has 8 heteroatoms. The quantitative estimate of drug-likeness (QED) is 0.284. The lowest BCUT2D eigenvalue weighted by molar-refractivity contribution is 0.0706. The van der Waals surface area contributed by atoms with E-state index in [1.165, 1.54) is 30.3 Å². The maximum absolute atomic E-state index is 12.5. The summed E-state index contributed by atoms with van der Waals surface area (Å²) < 4.78 is 0. The molecule has 0 unspecified atom stereocenters. The average molecular weight is 426 g/mol. The van der Waals surface area contributed by atoms with E-state index in [1.54, 1.807) is 23.9 Å². The highest BCUT2D eigenvalue weighted by Crippen LogP contribution is 2.26. The summed E-state index contributed by atoms with van der Waals surface area (Å²) in [6, 6.07) is 20.0. The molecule has 4 N–H and O–H groups in total. The number of anilines is 1. The second-order valence-electron chi connectivity index (χ2n) is 6.89. The van der Waals surface area contributed by atoms with Crippen molar-refractivity contribution in [2.24, 2.45) is 0 Å². The monoisotopic (exact) mass is 426 g/mol. The van der Waals surface area contributed by atoms with Crippen LogP contribution >= 0.6 is 0 Å². The number of nitrogens with one attached hydrogen (secondary N) is 2. The molecule has 2 aromatic heterocycles. The summed E-state index contributed by atoms with van der Waals surface area (Å²) >= 11 is 0. The van der Waals surface area contributed by atoms with E-state index in [2.05, 4.69) is 15.3 Å². The molecule has 0 radical (unpaired) electrons. The summed E-state index contributed by atoms with van der Waals surface area (Å²) in [6.45, 7) is 0. The number of hydrogen-bond acceptors (Lipinski definition) is 6. The van der Waals surface area contributed by atoms with Crippen LogP contribution in [0.4, 0.5) is 5.82 Å². The van der Waals surface area contributed by atoms with E-state index in [-0.39, 0.29) is 22.7 Å². The Morgan fingerprint density at radius 3 is 2.25 bits per heavy atom. The molecular formula is C24H18N4O4. The molecule has 0 atom stereocenters. The molecule has 2 heterocycles. The lowest BCUT2D eigenvalue weighted by Crippen LogP contribution is -2.20. The van der Waals surface area contributed by atoms with Crippen LogP contribution in [0.3, 0.4) is 0 Å². The van der Waals surface area contributed by atoms with Gasteiger partial charge in [-0.1, -0.05) is 36.4 Å². The molecule has 32 heavy (non-hydrogen) atoms. The smallest absolute Gasteiger partial charge is 0.274 e. The van der Waals surface area contributed by atoms with Crippen molar-refractivity contribution in [3.8, 4) is 28.1 Å². The molecule has 2 aromatic carbocycles. The zero-order chi connectivity index (χ0) is 22.5. The number of carbonyl (C=O) groups excluding carboxylic acids is 2. The van der Waals surface area contributed by atoms with Gasteiger partial charge in [-0.25, -0.2) is 10.5 Å². The maximum Gasteiger partial charge on any atom is 0.274 e. The summed E-state index contributed by atoms with van der Waals surface area (Å²) in [5, 5.41) is 21.3. The van der Waals surface area contributed by atoms with Crippen LogP contribution in [0.15, 0.2) is 85.2 Å². The molecule has 4 rings (SSSR count). The Balaban J connectivity index is 1.67. The summed E-state index contributed by atoms with van der Waals surface area (Å²) in [4.78, 5) is 33.2. The molecule has 0 bridgehead atoms. The first-order chi connectivity index (χ1) is 15.5. The first kappa shape index (κ1) is 20.7. The zero-order valence-electron chi connectivity index (χ0n) is 16.7. The number of hydrogen-bond donors (Lipinski definition) is 4. The number of phenolic OH excluding ortho intramolecular Hbond substituents is 1. The summed E-state index contributed by atoms with van der Waals surface area (Å²) in [5.41, 5.74) is 4.98. The SMILES string of the molecule is O=C(NO)c1cc(NC(=O)c2cccc(O)c2)nc(-c2ccc(-c3cccnc3)cc2)c1. The molecule has 0 aliphatic heterocycles. The average Bonchev–Trinajstić information content (AvgIpc) is 2.84. The third-order valence-electron chi connectivity index (χ3n) is 4.71. The standard InChI is InChI=1S/C24H18N4O4/c29-20-5-1-3-17(11-20)23(30)27-22-13-19(24(31)28-32)12-21(26-22)16-8-6-15(7-9-16)18-4-2-10-25-14-18/h1-14,29,32H,(H,28,31)(H,26,27,30). The van der Waals surface area contributed by atoms with Crippen molar-refractivity contribution in [2.75, 3.05) is 5.32 Å². The minimum absolute atomic E-state index is 0.0478. The Morgan fingerprint density at radius 1 is 0.781 bits per heavy atom. The number of rotatable bonds is 5. The van der Waals surface area contributed by atoms with Gasteiger partial charge in [0.25, 0.3) is 11.8 Å². The number of carbonyl (C=O) groups is 2. The Kier molecular flexibility index (Phi) is 5.87. The maximum atomic E-state index is 12.5. The van der Waals surface area contributed by atoms with Crippen LogP contribution < -0.4 is 10.8 Å². The number of aromatic hydroxyl groups is 1. The largest absolute Gasteiger partial charge is 0.508 e. The minimum Gasteiger partial charge on any atom is -0.508 e. The van der Waals surface area contributed by atoms with Crippen LogP contribution in [0.25, 0.3) is 22.4 Å². The van der Waals surface area contributed by atoms with Gasteiger partial charge in [0, 0.05) is 29.1 Å². The highest BCUT2D eigenvalue weighted by molar-refractivity contribution is 6.05. The minimum atomic E-state index is -0.742. The van der Waals surface area contributed by atoms with Gasteiger partial charge in [0.1, 0.15) is 11.6 Å². The van der Waals surface area contributed by atoms with E-state index >= 15 is 0 Å². The van der Waals surface area contributed by atoms with Crippen LogP contribution in [0.5, 0.6) is 5.75 Å². The van der Waals surface area contributed by atoms with Gasteiger partial charge in [0.05, 0.1) is 5.69 Å². The summed E-state index contributed by atoms with van der Waals surface area (Å²) in [6.07, 6.45) is 3.46. The second kappa shape index (κ2) is 9.07. The zero-order valence-corrected chi connectivity index (χ0v) is 16.7. The first-order valence-electron chi connectivity index (χ1n) is 9.61. The van der Waals surface area contributed by atoms with Gasteiger partial charge in [0.2, 0.25) is 0 Å². The van der Waals surface area contributed by atoms with E-state index in [4.69, 9.17) is 5.21 Å². The molecule has 2 amide bonds. The van der Waals surface area contributed by atoms with Crippen molar-refractivity contribution in [3.63, 3.8) is 0 Å². The number of benzene rings is 2. The fourth-order valence-corrected chi connectivity index (χ4v) is 3.14. The normalized spacial score (nSPS) is 10.4. The van der Waals surface area contributed by atoms with Gasteiger partial charge in [-0.2, -0.15) is 0 Å². The molecule has 0 aliphatic carbocycles. The number of phenols is 1. The lowest BCUT2D eigenvalue weighted by Gasteiger charge is -2.10. The second-order valence-corrected chi connectivity index (χ2v) is 6.89. The van der Waals surface area contributed by atoms with Crippen LogP contribution in [-0.2, 0) is 0 Å². The van der Waals surface area contributed by atoms with Crippen molar-refractivity contribution in [1.29, 1.82) is 0 Å². The van der Waals surface area contributed by atoms with Crippen molar-refractivity contribution in [1.82, 2.24) is 15.4 Å². The molecule has 158 valence electrons. The van der Waals surface area contributed by atoms with E-state index in [1.807, 2.05) is 36.4 Å². The van der Waals surface area contributed by atoms with Gasteiger partial charge in [-0.15, -0.1) is 0 Å². The molecule has 0 saturated heterocycles. The molecule has 0 spiro atoms. The van der Waals surface area contributed by atoms with Crippen molar-refractivity contribution in [2.45, 2.75) is 0 Å². The van der Waals surface area contributed by atoms with Crippen LogP contribution in [0.2, 0.25) is 0 Å². The fourth-order valence-electron chi connectivity index (χ4n) is 3.14. The summed E-state index contributed by atoms with van der Waals surface area (Å²) in [7, 11) is 0. The predicted molar refractivity (Wildman–Crippen MR) is 118 cm³/mol. The van der Waals surface area contributed by atoms with Gasteiger partial charge in [-0.3, -0.25) is 19.8 Å². The third-order valence-corrected chi connectivity index (χ3v) is 4.71. The van der Waals surface area contributed by atoms with E-state index in [9.17, 15) is 14.7 Å². The topological polar surface area (TPSA) is 124 Å². The van der Waals surface area contributed by atoms with E-state index in [0.717, 1.165) is 11.1 Å². The van der Waals surface area contributed by atoms with Crippen LogP contribution in [-0.4, -0.2) is 32.1 Å². The van der Waals surface area contributed by atoms with Gasteiger partial charge < -0.3 is 10.4 Å². The number of hydroxylamine groups is 1. The Morgan fingerprint density at radius 2 is 1.56 bits per heavy atom. The number of nitrogens with zero attached hydrogens (tertiary/aromatic N) is 2. The van der Waals surface area contributed by atoms with Crippen molar-refractivity contribution < 1.29 is 19.9 Å². The van der Waals surface area contributed by atoms with Crippen LogP contribution in [0.1, 0.15) is 20.7 Å². The van der Waals surface area contributed by atoms with Crippen molar-refractivity contribution >= 4 is 17.6 Å².